The van der Waals surface area contributed by atoms with Crippen LogP contribution in [-0.4, -0.2) is 139 Å². The summed E-state index contributed by atoms with van der Waals surface area (Å²) in [7, 11) is -32.1. The van der Waals surface area contributed by atoms with Crippen molar-refractivity contribution in [2.24, 2.45) is 4.99 Å². The SMILES string of the molecule is O=S(=O)([O-])c1ccc(Nc2nc(Cl)nc(NCCN=c3ccc4nc5c(Cl)c6c(c(Cl)c5oc-4c3S(=O)(=O)[O-])Nc3ccc(NCCNc4nc(Cl)nc(Nc5ccc(S(=O)(=O)[O-])cc5S(=O)(=O)[O-])n4)c(S(=O)(=O)[O-])c3O6)n2)c(S(=O)(=O)[O-])c1.[Na+].[Na+].[Na+].[Na+].[Na+].[Na+]. The van der Waals surface area contributed by atoms with Gasteiger partial charge in [-0.2, -0.15) is 29.9 Å². The van der Waals surface area contributed by atoms with Crippen LogP contribution in [0.15, 0.2) is 99.4 Å². The number of nitrogens with zero attached hydrogens (tertiary/aromatic N) is 8. The van der Waals surface area contributed by atoms with Crippen molar-refractivity contribution < 1.29 is 264 Å². The Morgan fingerprint density at radius 3 is 1.42 bits per heavy atom. The van der Waals surface area contributed by atoms with Gasteiger partial charge >= 0.3 is 177 Å². The van der Waals surface area contributed by atoms with Crippen LogP contribution in [0.4, 0.5) is 52.2 Å². The topological polar surface area (TPSA) is 540 Å². The Bertz CT molecular complexity index is 4890. The van der Waals surface area contributed by atoms with Gasteiger partial charge in [-0.25, -0.2) is 55.5 Å². The summed E-state index contributed by atoms with van der Waals surface area (Å²) in [6.07, 6.45) is 0. The van der Waals surface area contributed by atoms with E-state index in [4.69, 9.17) is 55.6 Å². The van der Waals surface area contributed by atoms with Gasteiger partial charge < -0.3 is 68.4 Å². The molecule has 4 aromatic carbocycles. The first kappa shape index (κ1) is 83.0. The fourth-order valence-electron chi connectivity index (χ4n) is 7.60. The van der Waals surface area contributed by atoms with Gasteiger partial charge in [0.15, 0.2) is 22.8 Å². The standard InChI is InChI=1S/C40H30Cl4N14O20S6.6Na/c41-25-28-32(78-30-20(50-28)6-8-22(34(30)84(74,75)76)46-10-12-48-38-54-36(44)56-40(58-38)52-18-4-2-16(80(62,63)64)14-24(18)82(68,69)70)26(42)27-31(25)77-29-19(49-27)5-7-21(33(29)83(71,72)73)45-9-11-47-37-53-35(43)55-39(57-37)51-17-3-1-15(79(59,60)61)13-23(17)81(65,66)67;;;;;;/h1-8,13-14,45,49H,9-12H2,(H,59,60,61)(H,62,63,64)(H,65,66,67)(H,68,69,70)(H,71,72,73)(H,74,75,76)(H2,47,51,53,55,57)(H2,48,52,54,56,58);;;;;;/q;6*+1/p-6. The Balaban J connectivity index is 0.00000353. The molecule has 2 aromatic heterocycles. The predicted molar refractivity (Wildman–Crippen MR) is 283 cm³/mol. The van der Waals surface area contributed by atoms with Crippen molar-refractivity contribution in [3.8, 4) is 23.0 Å². The van der Waals surface area contributed by atoms with E-state index in [9.17, 15) is 77.8 Å². The second-order valence-electron chi connectivity index (χ2n) is 16.5. The number of fused-ring (bicyclic) bond motifs is 4. The van der Waals surface area contributed by atoms with Crippen molar-refractivity contribution in [2.75, 3.05) is 58.1 Å². The second-order valence-corrected chi connectivity index (χ2v) is 26.0. The molecule has 9 rings (SSSR count). The van der Waals surface area contributed by atoms with Crippen molar-refractivity contribution in [1.29, 1.82) is 0 Å². The third-order valence-corrected chi connectivity index (χ3v) is 17.2. The maximum absolute atomic E-state index is 12.9. The van der Waals surface area contributed by atoms with Gasteiger partial charge in [-0.3, -0.25) is 4.99 Å². The second kappa shape index (κ2) is 32.4. The molecule has 0 spiro atoms. The first-order chi connectivity index (χ1) is 39.0. The Kier molecular flexibility index (Phi) is 29.9. The van der Waals surface area contributed by atoms with E-state index < -0.39 is 162 Å². The summed E-state index contributed by atoms with van der Waals surface area (Å²) in [4.78, 5) is 25.5. The van der Waals surface area contributed by atoms with Crippen LogP contribution in [0.25, 0.3) is 22.6 Å². The van der Waals surface area contributed by atoms with Crippen LogP contribution in [0, 0.1) is 0 Å². The average Bonchev–Trinajstić information content (AvgIpc) is 1.30. The van der Waals surface area contributed by atoms with Crippen LogP contribution in [0.5, 0.6) is 11.5 Å². The quantitative estimate of drug-likeness (QED) is 0.0189. The molecule has 0 radical (unpaired) electrons. The third kappa shape index (κ3) is 19.5. The normalized spacial score (nSPS) is 12.3. The molecule has 0 atom stereocenters. The van der Waals surface area contributed by atoms with Gasteiger partial charge in [-0.15, -0.1) is 0 Å². The van der Waals surface area contributed by atoms with Gasteiger partial charge in [0, 0.05) is 19.6 Å². The van der Waals surface area contributed by atoms with Crippen molar-refractivity contribution in [3.05, 3.63) is 86.6 Å². The van der Waals surface area contributed by atoms with Gasteiger partial charge in [0.1, 0.15) is 97.4 Å². The maximum atomic E-state index is 12.9. The molecule has 6 aromatic rings. The Hall–Kier alpha value is -1.26. The third-order valence-electron chi connectivity index (χ3n) is 11.0. The zero-order valence-corrected chi connectivity index (χ0v) is 66.2. The summed E-state index contributed by atoms with van der Waals surface area (Å²) in [5.74, 6) is -3.20. The zero-order chi connectivity index (χ0) is 61.2. The average molecular weight is 1490 g/mol. The van der Waals surface area contributed by atoms with Crippen LogP contribution < -0.4 is 219 Å². The number of ether oxygens (including phenoxy) is 1. The largest absolute Gasteiger partial charge is 1.00 e. The number of halogens is 4. The van der Waals surface area contributed by atoms with Gasteiger partial charge in [0.2, 0.25) is 34.4 Å². The number of nitrogens with one attached hydrogen (secondary N) is 6. The molecule has 0 unspecified atom stereocenters. The molecule has 0 fully saturated rings. The van der Waals surface area contributed by atoms with E-state index in [1.165, 1.54) is 12.1 Å². The van der Waals surface area contributed by atoms with Crippen molar-refractivity contribution >= 4 is 170 Å². The molecular formula is C40H24Cl4N14Na6O20S6. The van der Waals surface area contributed by atoms with Crippen molar-refractivity contribution in [1.82, 2.24) is 34.9 Å². The minimum absolute atomic E-state index is 0. The molecule has 4 heterocycles. The van der Waals surface area contributed by atoms with Gasteiger partial charge in [-0.1, -0.05) is 23.2 Å². The molecule has 50 heteroatoms. The molecule has 34 nitrogen and oxygen atoms in total. The fraction of sp³-hybridized carbons (Fsp3) is 0.100. The van der Waals surface area contributed by atoms with E-state index >= 15 is 0 Å². The fourth-order valence-corrected chi connectivity index (χ4v) is 12.5. The van der Waals surface area contributed by atoms with Crippen LogP contribution in [0.1, 0.15) is 0 Å². The van der Waals surface area contributed by atoms with Crippen molar-refractivity contribution in [2.45, 2.75) is 29.4 Å². The summed E-state index contributed by atoms with van der Waals surface area (Å²) < 4.78 is 230. The summed E-state index contributed by atoms with van der Waals surface area (Å²) in [6, 6.07) is 8.39. The van der Waals surface area contributed by atoms with Gasteiger partial charge in [0.05, 0.1) is 54.2 Å². The number of anilines is 9. The first-order valence-electron chi connectivity index (χ1n) is 22.1. The number of hydrogen-bond donors (Lipinski definition) is 6. The number of rotatable bonds is 19. The molecule has 90 heavy (non-hydrogen) atoms. The monoisotopic (exact) mass is 1490 g/mol. The Morgan fingerprint density at radius 2 is 0.944 bits per heavy atom. The van der Waals surface area contributed by atoms with E-state index in [2.05, 4.69) is 71.8 Å². The molecule has 1 aliphatic carbocycles. The molecular weight excluding hydrogens is 1470 g/mol. The number of aromatic nitrogens is 7. The smallest absolute Gasteiger partial charge is 0.744 e. The molecule has 0 bridgehead atoms. The minimum atomic E-state index is -5.48. The molecule has 0 amide bonds. The molecule has 3 aliphatic rings. The van der Waals surface area contributed by atoms with Gasteiger partial charge in [0.25, 0.3) is 0 Å². The predicted octanol–water partition coefficient (Wildman–Crippen LogP) is -14.8. The summed E-state index contributed by atoms with van der Waals surface area (Å²) >= 11 is 25.6. The molecule has 2 aliphatic heterocycles. The molecule has 6 N–H and O–H groups in total. The Morgan fingerprint density at radius 1 is 0.478 bits per heavy atom. The summed E-state index contributed by atoms with van der Waals surface area (Å²) in [6.45, 7) is -0.976. The number of benzene rings is 5. The van der Waals surface area contributed by atoms with E-state index in [0.29, 0.717) is 18.2 Å². The van der Waals surface area contributed by atoms with Crippen LogP contribution in [0.2, 0.25) is 20.6 Å². The van der Waals surface area contributed by atoms with E-state index in [-0.39, 0.29) is 244 Å². The molecule has 0 saturated heterocycles. The van der Waals surface area contributed by atoms with Crippen LogP contribution in [-0.2, 0) is 60.7 Å². The zero-order valence-electron chi connectivity index (χ0n) is 46.3. The van der Waals surface area contributed by atoms with E-state index in [1.807, 2.05) is 0 Å². The number of hydrogen-bond acceptors (Lipinski definition) is 34. The molecule has 0 saturated carbocycles. The maximum Gasteiger partial charge on any atom is 1.00 e. The minimum Gasteiger partial charge on any atom is -0.744 e. The summed E-state index contributed by atoms with van der Waals surface area (Å²) in [5.41, 5.74) is -2.86. The van der Waals surface area contributed by atoms with Crippen LogP contribution in [0.3, 0.4) is 0 Å². The van der Waals surface area contributed by atoms with E-state index in [0.717, 1.165) is 30.3 Å². The van der Waals surface area contributed by atoms with Crippen LogP contribution >= 0.6 is 46.4 Å². The molecule has 444 valence electrons. The van der Waals surface area contributed by atoms with E-state index in [1.54, 1.807) is 0 Å². The van der Waals surface area contributed by atoms with Crippen molar-refractivity contribution in [3.63, 3.8) is 0 Å². The Labute approximate surface area is 661 Å². The first-order valence-corrected chi connectivity index (χ1v) is 32.0. The summed E-state index contributed by atoms with van der Waals surface area (Å²) in [5, 5.41) is 13.4. The van der Waals surface area contributed by atoms with Gasteiger partial charge in [-0.05, 0) is 83.9 Å².